The number of hydrogen-bond donors (Lipinski definition) is 4. The number of aliphatic hydroxyl groups excluding tert-OH is 2. The van der Waals surface area contributed by atoms with Crippen molar-refractivity contribution in [3.63, 3.8) is 0 Å². The van der Waals surface area contributed by atoms with Gasteiger partial charge in [-0.2, -0.15) is 0 Å². The molecule has 4 N–H and O–H groups in total. The maximum Gasteiger partial charge on any atom is 0.277 e. The van der Waals surface area contributed by atoms with E-state index in [1.165, 1.54) is 24.5 Å². The van der Waals surface area contributed by atoms with Crippen LogP contribution in [0.3, 0.4) is 0 Å². The van der Waals surface area contributed by atoms with Crippen LogP contribution >= 0.6 is 0 Å². The highest BCUT2D eigenvalue weighted by molar-refractivity contribution is 5.99. The summed E-state index contributed by atoms with van der Waals surface area (Å²) in [6, 6.07) is 6.11. The van der Waals surface area contributed by atoms with Crippen LogP contribution in [0.25, 0.3) is 0 Å². The molecule has 1 heterocycles. The molecule has 24 heavy (non-hydrogen) atoms. The number of carbonyl (C=O) groups excluding carboxylic acids is 1. The van der Waals surface area contributed by atoms with Gasteiger partial charge in [0.25, 0.3) is 5.91 Å². The summed E-state index contributed by atoms with van der Waals surface area (Å²) in [6.45, 7) is 1.03. The molecule has 1 aromatic carbocycles. The third-order valence-corrected chi connectivity index (χ3v) is 3.11. The normalized spacial score (nSPS) is 11.8. The molecular formula is C16H18FN3O4. The molecule has 1 atom stereocenters. The van der Waals surface area contributed by atoms with Gasteiger partial charge in [-0.05, 0) is 30.7 Å². The van der Waals surface area contributed by atoms with Gasteiger partial charge < -0.3 is 15.5 Å². The Bertz CT molecular complexity index is 711. The quantitative estimate of drug-likeness (QED) is 0.569. The zero-order valence-corrected chi connectivity index (χ0v) is 13.0. The molecule has 0 saturated heterocycles. The zero-order chi connectivity index (χ0) is 17.5. The number of anilines is 2. The molecule has 0 aliphatic rings. The Morgan fingerprint density at radius 3 is 2.88 bits per heavy atom. The minimum atomic E-state index is -1.10. The highest BCUT2D eigenvalue weighted by Gasteiger charge is 2.14. The third kappa shape index (κ3) is 4.72. The molecule has 1 aromatic heterocycles. The van der Waals surface area contributed by atoms with Crippen LogP contribution in [0.5, 0.6) is 0 Å². The van der Waals surface area contributed by atoms with Gasteiger partial charge in [-0.25, -0.2) is 9.87 Å². The van der Waals surface area contributed by atoms with Crippen LogP contribution in [-0.4, -0.2) is 40.4 Å². The van der Waals surface area contributed by atoms with Gasteiger partial charge in [0, 0.05) is 6.20 Å². The van der Waals surface area contributed by atoms with Crippen LogP contribution in [0, 0.1) is 12.7 Å². The molecule has 0 saturated carbocycles. The molecule has 0 bridgehead atoms. The topological polar surface area (TPSA) is 104 Å². The number of aryl methyl sites for hydroxylation is 1. The fraction of sp³-hybridized carbons (Fsp3) is 0.250. The summed E-state index contributed by atoms with van der Waals surface area (Å²) in [7, 11) is 0. The molecule has 7 nitrogen and oxygen atoms in total. The van der Waals surface area contributed by atoms with Gasteiger partial charge in [0.05, 0.1) is 29.7 Å². The van der Waals surface area contributed by atoms with Crippen LogP contribution in [0.4, 0.5) is 15.8 Å². The third-order valence-electron chi connectivity index (χ3n) is 3.11. The van der Waals surface area contributed by atoms with Gasteiger partial charge in [0.1, 0.15) is 18.5 Å². The fourth-order valence-electron chi connectivity index (χ4n) is 1.87. The van der Waals surface area contributed by atoms with Crippen molar-refractivity contribution in [1.29, 1.82) is 0 Å². The molecule has 8 heteroatoms. The molecule has 2 rings (SSSR count). The number of nitrogens with one attached hydrogen (secondary N) is 2. The Balaban J connectivity index is 2.10. The predicted octanol–water partition coefficient (Wildman–Crippen LogP) is 1.29. The lowest BCUT2D eigenvalue weighted by atomic mass is 10.2. The lowest BCUT2D eigenvalue weighted by Crippen LogP contribution is -2.30. The Kier molecular flexibility index (Phi) is 6.19. The van der Waals surface area contributed by atoms with Gasteiger partial charge in [-0.15, -0.1) is 0 Å². The van der Waals surface area contributed by atoms with Crippen molar-refractivity contribution in [3.05, 3.63) is 53.6 Å². The minimum absolute atomic E-state index is 0.184. The van der Waals surface area contributed by atoms with Crippen molar-refractivity contribution in [1.82, 2.24) is 10.5 Å². The standard InChI is InChI=1S/C16H18FN3O4/c1-10-2-3-14(13(17)6-10)19-15-7-18-5-4-12(15)16(23)20-24-9-11(22)8-21/h2-7,11,19,21-22H,8-9H2,1H3,(H,20,23). The second kappa shape index (κ2) is 8.34. The van der Waals surface area contributed by atoms with Crippen molar-refractivity contribution >= 4 is 17.3 Å². The van der Waals surface area contributed by atoms with Gasteiger partial charge in [-0.3, -0.25) is 14.6 Å². The second-order valence-corrected chi connectivity index (χ2v) is 5.11. The van der Waals surface area contributed by atoms with Crippen molar-refractivity contribution in [2.45, 2.75) is 13.0 Å². The number of benzene rings is 1. The van der Waals surface area contributed by atoms with Crippen molar-refractivity contribution in [3.8, 4) is 0 Å². The number of halogens is 1. The number of aliphatic hydroxyl groups is 2. The highest BCUT2D eigenvalue weighted by Crippen LogP contribution is 2.23. The van der Waals surface area contributed by atoms with E-state index in [0.29, 0.717) is 5.69 Å². The summed E-state index contributed by atoms with van der Waals surface area (Å²) < 4.78 is 13.9. The van der Waals surface area contributed by atoms with E-state index < -0.39 is 24.4 Å². The lowest BCUT2D eigenvalue weighted by molar-refractivity contribution is -0.0295. The van der Waals surface area contributed by atoms with E-state index in [1.54, 1.807) is 19.1 Å². The Labute approximate surface area is 138 Å². The Morgan fingerprint density at radius 2 is 2.17 bits per heavy atom. The second-order valence-electron chi connectivity index (χ2n) is 5.11. The maximum atomic E-state index is 13.9. The van der Waals surface area contributed by atoms with E-state index in [4.69, 9.17) is 15.1 Å². The lowest BCUT2D eigenvalue weighted by Gasteiger charge is -2.13. The average molecular weight is 335 g/mol. The summed E-state index contributed by atoms with van der Waals surface area (Å²) in [6.07, 6.45) is 1.70. The van der Waals surface area contributed by atoms with E-state index >= 15 is 0 Å². The SMILES string of the molecule is Cc1ccc(Nc2cnccc2C(=O)NOCC(O)CO)c(F)c1. The van der Waals surface area contributed by atoms with E-state index in [2.05, 4.69) is 15.8 Å². The van der Waals surface area contributed by atoms with Crippen LogP contribution in [0.15, 0.2) is 36.7 Å². The van der Waals surface area contributed by atoms with Crippen LogP contribution in [0.2, 0.25) is 0 Å². The molecule has 0 aliphatic heterocycles. The van der Waals surface area contributed by atoms with Crippen LogP contribution in [-0.2, 0) is 4.84 Å². The highest BCUT2D eigenvalue weighted by atomic mass is 19.1. The number of aromatic nitrogens is 1. The molecule has 1 unspecified atom stereocenters. The average Bonchev–Trinajstić information content (AvgIpc) is 2.57. The largest absolute Gasteiger partial charge is 0.394 e. The number of nitrogens with zero attached hydrogens (tertiary/aromatic N) is 1. The number of hydroxylamine groups is 1. The van der Waals surface area contributed by atoms with Gasteiger partial charge >= 0.3 is 0 Å². The van der Waals surface area contributed by atoms with Gasteiger partial charge in [0.15, 0.2) is 0 Å². The number of amides is 1. The summed E-state index contributed by atoms with van der Waals surface area (Å²) in [4.78, 5) is 20.9. The van der Waals surface area contributed by atoms with Crippen molar-refractivity contribution in [2.24, 2.45) is 0 Å². The maximum absolute atomic E-state index is 13.9. The monoisotopic (exact) mass is 335 g/mol. The first-order valence-electron chi connectivity index (χ1n) is 7.19. The molecular weight excluding hydrogens is 317 g/mol. The van der Waals surface area contributed by atoms with E-state index in [0.717, 1.165) is 5.56 Å². The molecule has 0 radical (unpaired) electrons. The smallest absolute Gasteiger partial charge is 0.277 e. The number of hydrogen-bond acceptors (Lipinski definition) is 6. The molecule has 0 fully saturated rings. The minimum Gasteiger partial charge on any atom is -0.394 e. The predicted molar refractivity (Wildman–Crippen MR) is 85.2 cm³/mol. The van der Waals surface area contributed by atoms with Crippen molar-refractivity contribution in [2.75, 3.05) is 18.5 Å². The Hall–Kier alpha value is -2.55. The number of pyridine rings is 1. The summed E-state index contributed by atoms with van der Waals surface area (Å²) in [5, 5.41) is 20.6. The zero-order valence-electron chi connectivity index (χ0n) is 13.0. The van der Waals surface area contributed by atoms with Crippen molar-refractivity contribution < 1.29 is 24.2 Å². The molecule has 0 aliphatic carbocycles. The first-order valence-corrected chi connectivity index (χ1v) is 7.19. The summed E-state index contributed by atoms with van der Waals surface area (Å²) >= 11 is 0. The summed E-state index contributed by atoms with van der Waals surface area (Å²) in [5.41, 5.74) is 3.61. The molecule has 128 valence electrons. The molecule has 1 amide bonds. The van der Waals surface area contributed by atoms with E-state index in [-0.39, 0.29) is 17.9 Å². The molecule has 2 aromatic rings. The number of rotatable bonds is 7. The fourth-order valence-corrected chi connectivity index (χ4v) is 1.87. The number of carbonyl (C=O) groups is 1. The molecule has 0 spiro atoms. The summed E-state index contributed by atoms with van der Waals surface area (Å²) in [5.74, 6) is -1.05. The first kappa shape index (κ1) is 17.8. The van der Waals surface area contributed by atoms with Crippen LogP contribution < -0.4 is 10.8 Å². The van der Waals surface area contributed by atoms with Gasteiger partial charge in [-0.1, -0.05) is 6.07 Å². The Morgan fingerprint density at radius 1 is 1.38 bits per heavy atom. The van der Waals surface area contributed by atoms with Crippen LogP contribution in [0.1, 0.15) is 15.9 Å². The first-order chi connectivity index (χ1) is 11.5. The van der Waals surface area contributed by atoms with E-state index in [1.807, 2.05) is 0 Å². The van der Waals surface area contributed by atoms with E-state index in [9.17, 15) is 9.18 Å². The van der Waals surface area contributed by atoms with Gasteiger partial charge in [0.2, 0.25) is 0 Å².